The van der Waals surface area contributed by atoms with Gasteiger partial charge in [0.05, 0.1) is 29.4 Å². The molecule has 2 aliphatic rings. The van der Waals surface area contributed by atoms with Crippen LogP contribution >= 0.6 is 0 Å². The van der Waals surface area contributed by atoms with Gasteiger partial charge >= 0.3 is 6.09 Å². The summed E-state index contributed by atoms with van der Waals surface area (Å²) in [5.41, 5.74) is 3.09. The van der Waals surface area contributed by atoms with Crippen molar-refractivity contribution in [2.24, 2.45) is 16.1 Å². The zero-order valence-electron chi connectivity index (χ0n) is 21.5. The number of likely N-dealkylation sites (tertiary alicyclic amines) is 1. The SMILES string of the molecule is COc1ccc2c(O)c(C=C3N=Nc4ccccc43)oc2c1/C=C/C1CCN(C(=O)OC(C)(C)C)CC1. The monoisotopic (exact) mass is 501 g/mol. The van der Waals surface area contributed by atoms with Crippen molar-refractivity contribution in [1.82, 2.24) is 4.90 Å². The van der Waals surface area contributed by atoms with Gasteiger partial charge in [0.25, 0.3) is 0 Å². The lowest BCUT2D eigenvalue weighted by molar-refractivity contribution is 0.0197. The maximum Gasteiger partial charge on any atom is 0.410 e. The fourth-order valence-corrected chi connectivity index (χ4v) is 4.61. The molecular formula is C29H31N3O5. The number of hydrogen-bond acceptors (Lipinski definition) is 7. The fraction of sp³-hybridized carbons (Fsp3) is 0.345. The quantitative estimate of drug-likeness (QED) is 0.402. The van der Waals surface area contributed by atoms with Crippen LogP contribution in [0.1, 0.15) is 50.5 Å². The maximum atomic E-state index is 12.4. The van der Waals surface area contributed by atoms with Gasteiger partial charge in [-0.2, -0.15) is 0 Å². The number of hydrogen-bond donors (Lipinski definition) is 1. The summed E-state index contributed by atoms with van der Waals surface area (Å²) in [7, 11) is 1.61. The molecule has 0 spiro atoms. The summed E-state index contributed by atoms with van der Waals surface area (Å²) in [5, 5.41) is 20.0. The second-order valence-electron chi connectivity index (χ2n) is 10.3. The maximum absolute atomic E-state index is 12.4. The molecular weight excluding hydrogens is 470 g/mol. The number of methoxy groups -OCH3 is 1. The number of furan rings is 1. The highest BCUT2D eigenvalue weighted by molar-refractivity contribution is 5.97. The summed E-state index contributed by atoms with van der Waals surface area (Å²) in [6, 6.07) is 11.3. The lowest BCUT2D eigenvalue weighted by Gasteiger charge is -2.32. The Morgan fingerprint density at radius 3 is 2.62 bits per heavy atom. The van der Waals surface area contributed by atoms with Crippen LogP contribution in [0.5, 0.6) is 11.5 Å². The molecule has 0 aliphatic carbocycles. The number of nitrogens with zero attached hydrogens (tertiary/aromatic N) is 3. The summed E-state index contributed by atoms with van der Waals surface area (Å²) >= 11 is 0. The number of carbonyl (C=O) groups excluding carboxylic acids is 1. The summed E-state index contributed by atoms with van der Waals surface area (Å²) in [6.45, 7) is 6.90. The number of fused-ring (bicyclic) bond motifs is 2. The van der Waals surface area contributed by atoms with Gasteiger partial charge in [-0.05, 0) is 57.7 Å². The van der Waals surface area contributed by atoms with Gasteiger partial charge in [0.2, 0.25) is 0 Å². The molecule has 5 rings (SSSR count). The van der Waals surface area contributed by atoms with Crippen molar-refractivity contribution in [3.05, 3.63) is 59.4 Å². The number of ether oxygens (including phenoxy) is 2. The zero-order chi connectivity index (χ0) is 26.2. The first-order valence-corrected chi connectivity index (χ1v) is 12.4. The molecule has 1 fully saturated rings. The molecule has 0 bridgehead atoms. The Labute approximate surface area is 215 Å². The van der Waals surface area contributed by atoms with Gasteiger partial charge < -0.3 is 23.9 Å². The first-order chi connectivity index (χ1) is 17.7. The second kappa shape index (κ2) is 9.76. The third-order valence-corrected chi connectivity index (χ3v) is 6.52. The normalized spacial score (nSPS) is 17.2. The minimum absolute atomic E-state index is 0.0463. The van der Waals surface area contributed by atoms with Crippen molar-refractivity contribution in [3.63, 3.8) is 0 Å². The molecule has 1 amide bonds. The summed E-state index contributed by atoms with van der Waals surface area (Å²) < 4.78 is 17.3. The molecule has 8 heteroatoms. The predicted octanol–water partition coefficient (Wildman–Crippen LogP) is 7.40. The van der Waals surface area contributed by atoms with E-state index in [-0.39, 0.29) is 11.8 Å². The smallest absolute Gasteiger partial charge is 0.410 e. The zero-order valence-corrected chi connectivity index (χ0v) is 21.5. The van der Waals surface area contributed by atoms with E-state index in [0.29, 0.717) is 47.2 Å². The second-order valence-corrected chi connectivity index (χ2v) is 10.3. The Balaban J connectivity index is 1.38. The van der Waals surface area contributed by atoms with Gasteiger partial charge in [-0.1, -0.05) is 30.4 Å². The van der Waals surface area contributed by atoms with E-state index in [4.69, 9.17) is 13.9 Å². The molecule has 0 radical (unpaired) electrons. The largest absolute Gasteiger partial charge is 0.504 e. The Kier molecular flexibility index (Phi) is 6.50. The number of allylic oxidation sites excluding steroid dienone is 1. The molecule has 1 N–H and O–H groups in total. The number of amides is 1. The third-order valence-electron chi connectivity index (χ3n) is 6.52. The molecule has 0 atom stereocenters. The molecule has 2 aliphatic heterocycles. The number of carbonyl (C=O) groups is 1. The van der Waals surface area contributed by atoms with Gasteiger partial charge in [0.1, 0.15) is 16.9 Å². The number of piperidine rings is 1. The average molecular weight is 502 g/mol. The molecule has 37 heavy (non-hydrogen) atoms. The van der Waals surface area contributed by atoms with Crippen LogP contribution in [0.15, 0.2) is 57.1 Å². The standard InChI is InChI=1S/C29H31N3O5/c1-29(2,3)37-28(34)32-15-13-18(14-16-32)9-10-20-24(35-4)12-11-21-26(33)25(36-27(20)21)17-23-19-7-5-6-8-22(19)30-31-23/h5-12,17-18,33H,13-16H2,1-4H3/b10-9+,23-17?. The van der Waals surface area contributed by atoms with Crippen molar-refractivity contribution < 1.29 is 23.8 Å². The molecule has 1 saturated heterocycles. The Bertz CT molecular complexity index is 1420. The lowest BCUT2D eigenvalue weighted by Crippen LogP contribution is -2.41. The number of azo groups is 1. The summed E-state index contributed by atoms with van der Waals surface area (Å²) in [4.78, 5) is 14.1. The van der Waals surface area contributed by atoms with E-state index in [1.54, 1.807) is 24.2 Å². The van der Waals surface area contributed by atoms with Gasteiger partial charge in [-0.15, -0.1) is 10.2 Å². The van der Waals surface area contributed by atoms with Crippen LogP contribution in [0.25, 0.3) is 28.8 Å². The topological polar surface area (TPSA) is 96.9 Å². The Morgan fingerprint density at radius 2 is 1.89 bits per heavy atom. The van der Waals surface area contributed by atoms with Crippen LogP contribution in [0.4, 0.5) is 10.5 Å². The Hall–Kier alpha value is -4.07. The molecule has 0 saturated carbocycles. The van der Waals surface area contributed by atoms with E-state index in [0.717, 1.165) is 29.7 Å². The van der Waals surface area contributed by atoms with Crippen LogP contribution in [-0.4, -0.2) is 41.9 Å². The molecule has 2 aromatic carbocycles. The van der Waals surface area contributed by atoms with E-state index in [1.165, 1.54) is 0 Å². The van der Waals surface area contributed by atoms with Gasteiger partial charge in [0, 0.05) is 24.7 Å². The number of aromatic hydroxyl groups is 1. The summed E-state index contributed by atoms with van der Waals surface area (Å²) in [5.74, 6) is 1.30. The highest BCUT2D eigenvalue weighted by Crippen LogP contribution is 2.42. The molecule has 1 aromatic heterocycles. The minimum Gasteiger partial charge on any atom is -0.504 e. The number of benzene rings is 2. The molecule has 8 nitrogen and oxygen atoms in total. The first kappa shape index (κ1) is 24.6. The number of rotatable bonds is 4. The fourth-order valence-electron chi connectivity index (χ4n) is 4.61. The van der Waals surface area contributed by atoms with E-state index < -0.39 is 5.60 Å². The van der Waals surface area contributed by atoms with E-state index in [9.17, 15) is 9.90 Å². The van der Waals surface area contributed by atoms with Crippen molar-refractivity contribution in [2.75, 3.05) is 20.2 Å². The van der Waals surface area contributed by atoms with Crippen molar-refractivity contribution in [2.45, 2.75) is 39.2 Å². The molecule has 3 aromatic rings. The van der Waals surface area contributed by atoms with Gasteiger partial charge in [0.15, 0.2) is 11.5 Å². The highest BCUT2D eigenvalue weighted by Gasteiger charge is 2.26. The summed E-state index contributed by atoms with van der Waals surface area (Å²) in [6.07, 6.45) is 7.22. The third kappa shape index (κ3) is 5.09. The van der Waals surface area contributed by atoms with Gasteiger partial charge in [-0.25, -0.2) is 4.79 Å². The van der Waals surface area contributed by atoms with E-state index in [1.807, 2.05) is 57.2 Å². The van der Waals surface area contributed by atoms with Gasteiger partial charge in [-0.3, -0.25) is 0 Å². The molecule has 3 heterocycles. The van der Waals surface area contributed by atoms with Crippen LogP contribution in [0, 0.1) is 5.92 Å². The van der Waals surface area contributed by atoms with Crippen LogP contribution in [0.2, 0.25) is 0 Å². The van der Waals surface area contributed by atoms with Crippen LogP contribution in [-0.2, 0) is 4.74 Å². The van der Waals surface area contributed by atoms with Crippen molar-refractivity contribution >= 4 is 40.6 Å². The highest BCUT2D eigenvalue weighted by atomic mass is 16.6. The van der Waals surface area contributed by atoms with Crippen molar-refractivity contribution in [3.8, 4) is 11.5 Å². The minimum atomic E-state index is -0.504. The molecule has 0 unspecified atom stereocenters. The van der Waals surface area contributed by atoms with Crippen LogP contribution in [0.3, 0.4) is 0 Å². The van der Waals surface area contributed by atoms with Crippen molar-refractivity contribution in [1.29, 1.82) is 0 Å². The van der Waals surface area contributed by atoms with E-state index >= 15 is 0 Å². The van der Waals surface area contributed by atoms with E-state index in [2.05, 4.69) is 16.3 Å². The molecule has 192 valence electrons. The Morgan fingerprint density at radius 1 is 1.14 bits per heavy atom. The first-order valence-electron chi connectivity index (χ1n) is 12.4. The average Bonchev–Trinajstić information content (AvgIpc) is 3.43. The van der Waals surface area contributed by atoms with Crippen LogP contribution < -0.4 is 4.74 Å². The predicted molar refractivity (Wildman–Crippen MR) is 143 cm³/mol. The lowest BCUT2D eigenvalue weighted by atomic mass is 9.95.